The van der Waals surface area contributed by atoms with E-state index >= 15 is 0 Å². The van der Waals surface area contributed by atoms with Gasteiger partial charge in [0.2, 0.25) is 0 Å². The van der Waals surface area contributed by atoms with E-state index in [0.29, 0.717) is 0 Å². The van der Waals surface area contributed by atoms with Crippen molar-refractivity contribution in [2.24, 2.45) is 0 Å². The van der Waals surface area contributed by atoms with Gasteiger partial charge >= 0.3 is 0 Å². The fourth-order valence-corrected chi connectivity index (χ4v) is 1.76. The lowest BCUT2D eigenvalue weighted by Gasteiger charge is -2.23. The Balaban J connectivity index is 2.30. The van der Waals surface area contributed by atoms with E-state index in [1.54, 1.807) is 19.2 Å². The molecule has 1 aromatic rings. The zero-order valence-corrected chi connectivity index (χ0v) is 9.33. The first-order valence-electron chi connectivity index (χ1n) is 5.19. The first-order valence-corrected chi connectivity index (χ1v) is 5.19. The molecule has 1 aliphatic heterocycles. The van der Waals surface area contributed by atoms with Crippen LogP contribution in [0.1, 0.15) is 12.5 Å². The number of allylic oxidation sites excluding steroid dienone is 2. The van der Waals surface area contributed by atoms with Gasteiger partial charge in [0.05, 0.1) is 13.2 Å². The minimum absolute atomic E-state index is 0.158. The Morgan fingerprint density at radius 1 is 1.19 bits per heavy atom. The topological polar surface area (TPSA) is 21.3 Å². The van der Waals surface area contributed by atoms with Gasteiger partial charge in [0, 0.05) is 0 Å². The Bertz CT molecular complexity index is 434. The van der Waals surface area contributed by atoms with Gasteiger partial charge in [-0.3, -0.25) is 0 Å². The molecule has 1 atom stereocenters. The third-order valence-electron chi connectivity index (χ3n) is 2.64. The summed E-state index contributed by atoms with van der Waals surface area (Å²) in [6.07, 6.45) is 3.87. The fourth-order valence-electron chi connectivity index (χ4n) is 1.76. The van der Waals surface area contributed by atoms with E-state index in [-0.39, 0.29) is 11.9 Å². The Kier molecular flexibility index (Phi) is 2.95. The molecule has 84 valence electrons. The standard InChI is InChI=1S/C13H14FNO/c1-9-12(7-8-13(15-9)16-2)10-3-5-11(14)6-4-10/h3-9,15H,1-2H3. The average Bonchev–Trinajstić information content (AvgIpc) is 2.30. The van der Waals surface area contributed by atoms with Crippen molar-refractivity contribution < 1.29 is 9.13 Å². The SMILES string of the molecule is COC1=CC=C(c2ccc(F)cc2)C(C)N1. The first-order chi connectivity index (χ1) is 7.70. The maximum Gasteiger partial charge on any atom is 0.186 e. The maximum atomic E-state index is 12.8. The Morgan fingerprint density at radius 3 is 2.44 bits per heavy atom. The molecule has 0 fully saturated rings. The largest absolute Gasteiger partial charge is 0.483 e. The molecular formula is C13H14FNO. The van der Waals surface area contributed by atoms with E-state index in [4.69, 9.17) is 4.74 Å². The second kappa shape index (κ2) is 4.39. The van der Waals surface area contributed by atoms with Gasteiger partial charge in [0.15, 0.2) is 5.88 Å². The van der Waals surface area contributed by atoms with E-state index in [2.05, 4.69) is 5.32 Å². The lowest BCUT2D eigenvalue weighted by molar-refractivity contribution is 0.256. The van der Waals surface area contributed by atoms with Crippen LogP contribution >= 0.6 is 0 Å². The second-order valence-electron chi connectivity index (χ2n) is 3.73. The van der Waals surface area contributed by atoms with Crippen molar-refractivity contribution in [2.75, 3.05) is 7.11 Å². The number of methoxy groups -OCH3 is 1. The van der Waals surface area contributed by atoms with E-state index in [9.17, 15) is 4.39 Å². The van der Waals surface area contributed by atoms with Crippen LogP contribution in [-0.2, 0) is 4.74 Å². The summed E-state index contributed by atoms with van der Waals surface area (Å²) in [4.78, 5) is 0. The highest BCUT2D eigenvalue weighted by Crippen LogP contribution is 2.22. The van der Waals surface area contributed by atoms with Crippen molar-refractivity contribution in [2.45, 2.75) is 13.0 Å². The lowest BCUT2D eigenvalue weighted by Crippen LogP contribution is -2.29. The molecular weight excluding hydrogens is 205 g/mol. The van der Waals surface area contributed by atoms with E-state index < -0.39 is 0 Å². The highest BCUT2D eigenvalue weighted by atomic mass is 19.1. The number of ether oxygens (including phenoxy) is 1. The quantitative estimate of drug-likeness (QED) is 0.825. The molecule has 0 saturated heterocycles. The highest BCUT2D eigenvalue weighted by Gasteiger charge is 2.15. The molecule has 1 heterocycles. The van der Waals surface area contributed by atoms with Gasteiger partial charge in [-0.05, 0) is 36.3 Å². The molecule has 16 heavy (non-hydrogen) atoms. The van der Waals surface area contributed by atoms with Crippen LogP contribution in [0.5, 0.6) is 0 Å². The molecule has 0 spiro atoms. The van der Waals surface area contributed by atoms with Crippen LogP contribution in [0.4, 0.5) is 4.39 Å². The molecule has 1 unspecified atom stereocenters. The summed E-state index contributed by atoms with van der Waals surface area (Å²) < 4.78 is 17.9. The predicted molar refractivity (Wildman–Crippen MR) is 62.1 cm³/mol. The number of nitrogens with one attached hydrogen (secondary N) is 1. The van der Waals surface area contributed by atoms with Crippen LogP contribution in [0.15, 0.2) is 42.3 Å². The normalized spacial score (nSPS) is 19.6. The van der Waals surface area contributed by atoms with Crippen molar-refractivity contribution in [3.05, 3.63) is 53.7 Å². The third-order valence-corrected chi connectivity index (χ3v) is 2.64. The molecule has 0 bridgehead atoms. The van der Waals surface area contributed by atoms with Crippen LogP contribution < -0.4 is 5.32 Å². The minimum atomic E-state index is -0.214. The second-order valence-corrected chi connectivity index (χ2v) is 3.73. The zero-order chi connectivity index (χ0) is 11.5. The Morgan fingerprint density at radius 2 is 1.88 bits per heavy atom. The molecule has 2 rings (SSSR count). The predicted octanol–water partition coefficient (Wildman–Crippen LogP) is 2.69. The van der Waals surface area contributed by atoms with Crippen molar-refractivity contribution in [1.29, 1.82) is 0 Å². The van der Waals surface area contributed by atoms with Crippen LogP contribution in [0.2, 0.25) is 0 Å². The van der Waals surface area contributed by atoms with Crippen LogP contribution in [-0.4, -0.2) is 13.2 Å². The van der Waals surface area contributed by atoms with Crippen LogP contribution in [0.3, 0.4) is 0 Å². The summed E-state index contributed by atoms with van der Waals surface area (Å²) in [5.41, 5.74) is 2.15. The molecule has 2 nitrogen and oxygen atoms in total. The van der Waals surface area contributed by atoms with E-state index in [1.807, 2.05) is 19.1 Å². The van der Waals surface area contributed by atoms with Crippen LogP contribution in [0, 0.1) is 5.82 Å². The summed E-state index contributed by atoms with van der Waals surface area (Å²) in [7, 11) is 1.63. The third kappa shape index (κ3) is 2.08. The maximum absolute atomic E-state index is 12.8. The van der Waals surface area contributed by atoms with Crippen molar-refractivity contribution in [1.82, 2.24) is 5.32 Å². The zero-order valence-electron chi connectivity index (χ0n) is 9.33. The number of hydrogen-bond donors (Lipinski definition) is 1. The Labute approximate surface area is 94.4 Å². The number of rotatable bonds is 2. The summed E-state index contributed by atoms with van der Waals surface area (Å²) in [6.45, 7) is 2.04. The van der Waals surface area contributed by atoms with Gasteiger partial charge in [-0.15, -0.1) is 0 Å². The van der Waals surface area contributed by atoms with E-state index in [0.717, 1.165) is 17.0 Å². The van der Waals surface area contributed by atoms with Gasteiger partial charge in [0.25, 0.3) is 0 Å². The molecule has 3 heteroatoms. The number of halogens is 1. The van der Waals surface area contributed by atoms with E-state index in [1.165, 1.54) is 12.1 Å². The Hall–Kier alpha value is -1.77. The highest BCUT2D eigenvalue weighted by molar-refractivity contribution is 5.72. The smallest absolute Gasteiger partial charge is 0.186 e. The summed E-state index contributed by atoms with van der Waals surface area (Å²) in [5, 5.41) is 3.21. The van der Waals surface area contributed by atoms with Gasteiger partial charge < -0.3 is 10.1 Å². The number of dihydropyridines is 1. The molecule has 0 saturated carbocycles. The molecule has 0 radical (unpaired) electrons. The lowest BCUT2D eigenvalue weighted by atomic mass is 9.97. The summed E-state index contributed by atoms with van der Waals surface area (Å²) >= 11 is 0. The molecule has 1 N–H and O–H groups in total. The fraction of sp³-hybridized carbons (Fsp3) is 0.231. The average molecular weight is 219 g/mol. The van der Waals surface area contributed by atoms with Crippen molar-refractivity contribution in [3.63, 3.8) is 0 Å². The summed E-state index contributed by atoms with van der Waals surface area (Å²) in [6, 6.07) is 6.66. The van der Waals surface area contributed by atoms with Gasteiger partial charge in [-0.25, -0.2) is 4.39 Å². The van der Waals surface area contributed by atoms with Gasteiger partial charge in [-0.2, -0.15) is 0 Å². The van der Waals surface area contributed by atoms with Gasteiger partial charge in [-0.1, -0.05) is 18.2 Å². The summed E-state index contributed by atoms with van der Waals surface area (Å²) in [5.74, 6) is 0.534. The minimum Gasteiger partial charge on any atom is -0.483 e. The van der Waals surface area contributed by atoms with Crippen LogP contribution in [0.25, 0.3) is 5.57 Å². The van der Waals surface area contributed by atoms with Crippen molar-refractivity contribution >= 4 is 5.57 Å². The first kappa shape index (κ1) is 10.7. The van der Waals surface area contributed by atoms with Gasteiger partial charge in [0.1, 0.15) is 5.82 Å². The van der Waals surface area contributed by atoms with Crippen molar-refractivity contribution in [3.8, 4) is 0 Å². The molecule has 0 aromatic heterocycles. The number of hydrogen-bond acceptors (Lipinski definition) is 2. The number of benzene rings is 1. The molecule has 1 aliphatic rings. The molecule has 0 aliphatic carbocycles. The monoisotopic (exact) mass is 219 g/mol. The molecule has 1 aromatic carbocycles. The molecule has 0 amide bonds.